The van der Waals surface area contributed by atoms with Crippen LogP contribution in [0.3, 0.4) is 0 Å². The van der Waals surface area contributed by atoms with Crippen molar-refractivity contribution in [3.63, 3.8) is 0 Å². The van der Waals surface area contributed by atoms with Crippen molar-refractivity contribution in [3.05, 3.63) is 128 Å². The summed E-state index contributed by atoms with van der Waals surface area (Å²) in [5.74, 6) is 0.271. The summed E-state index contributed by atoms with van der Waals surface area (Å²) in [5, 5.41) is 4.29. The van der Waals surface area contributed by atoms with Crippen LogP contribution in [0.15, 0.2) is 93.7 Å². The predicted molar refractivity (Wildman–Crippen MR) is 193 cm³/mol. The Hall–Kier alpha value is -4.16. The number of nitrogens with zero attached hydrogens (tertiary/aromatic N) is 1. The Morgan fingerprint density at radius 1 is 0.979 bits per heavy atom. The lowest BCUT2D eigenvalue weighted by Crippen LogP contribution is -2.36. The van der Waals surface area contributed by atoms with Crippen LogP contribution in [0, 0.1) is 0 Å². The molecule has 2 amide bonds. The van der Waals surface area contributed by atoms with E-state index in [-0.39, 0.29) is 28.6 Å². The summed E-state index contributed by atoms with van der Waals surface area (Å²) in [6.45, 7) is 7.81. The summed E-state index contributed by atoms with van der Waals surface area (Å²) < 4.78 is 5.99. The standard InChI is InChI=1S/C41H45ClN2O4/c1-41(2,3)31-17-20-37-35(24-31)36(45)25-38(48-37)40(47)43-33(23-28-13-18-32(42)19-14-28)22-27-11-15-29(16-12-27)34-9-5-4-8-30(34)26-44-21-7-6-10-39(44)46/h4-5,8-9,13-14,17-20,22,24-25,29,33H,6-7,10-12,15-16,21,23,26H2,1-3H3,(H,43,47)/t29?,33-/m1/s1. The Morgan fingerprint density at radius 2 is 1.73 bits per heavy atom. The van der Waals surface area contributed by atoms with E-state index in [4.69, 9.17) is 16.0 Å². The highest BCUT2D eigenvalue weighted by Crippen LogP contribution is 2.38. The van der Waals surface area contributed by atoms with Crippen molar-refractivity contribution in [3.8, 4) is 0 Å². The average molecular weight is 665 g/mol. The molecule has 0 radical (unpaired) electrons. The molecule has 6 rings (SSSR count). The van der Waals surface area contributed by atoms with Crippen molar-refractivity contribution in [2.45, 2.75) is 96.1 Å². The van der Waals surface area contributed by atoms with E-state index in [0.29, 0.717) is 41.3 Å². The van der Waals surface area contributed by atoms with Crippen LogP contribution in [0.2, 0.25) is 5.02 Å². The molecule has 1 saturated carbocycles. The summed E-state index contributed by atoms with van der Waals surface area (Å²) in [4.78, 5) is 41.3. The number of hydrogen-bond donors (Lipinski definition) is 1. The predicted octanol–water partition coefficient (Wildman–Crippen LogP) is 8.88. The monoisotopic (exact) mass is 664 g/mol. The number of rotatable bonds is 8. The van der Waals surface area contributed by atoms with Gasteiger partial charge in [0.15, 0.2) is 11.2 Å². The average Bonchev–Trinajstić information content (AvgIpc) is 3.07. The van der Waals surface area contributed by atoms with E-state index in [1.807, 2.05) is 41.3 Å². The van der Waals surface area contributed by atoms with Gasteiger partial charge in [-0.3, -0.25) is 14.4 Å². The molecule has 1 aliphatic carbocycles. The third kappa shape index (κ3) is 8.10. The summed E-state index contributed by atoms with van der Waals surface area (Å²) in [6, 6.07) is 22.8. The smallest absolute Gasteiger partial charge is 0.287 e. The Bertz CT molecular complexity index is 1880. The van der Waals surface area contributed by atoms with Crippen LogP contribution >= 0.6 is 11.6 Å². The molecule has 7 heteroatoms. The van der Waals surface area contributed by atoms with Crippen molar-refractivity contribution in [1.82, 2.24) is 10.2 Å². The lowest BCUT2D eigenvalue weighted by molar-refractivity contribution is -0.133. The number of benzene rings is 3. The van der Waals surface area contributed by atoms with Crippen molar-refractivity contribution in [2.24, 2.45) is 0 Å². The largest absolute Gasteiger partial charge is 0.451 e. The van der Waals surface area contributed by atoms with Crippen LogP contribution in [-0.4, -0.2) is 29.3 Å². The van der Waals surface area contributed by atoms with Gasteiger partial charge in [0.05, 0.1) is 11.4 Å². The van der Waals surface area contributed by atoms with Crippen LogP contribution in [-0.2, 0) is 23.2 Å². The maximum absolute atomic E-state index is 13.6. The first-order valence-electron chi connectivity index (χ1n) is 17.2. The lowest BCUT2D eigenvalue weighted by Gasteiger charge is -2.31. The van der Waals surface area contributed by atoms with Gasteiger partial charge >= 0.3 is 0 Å². The van der Waals surface area contributed by atoms with E-state index in [9.17, 15) is 14.4 Å². The molecule has 1 saturated heterocycles. The molecular formula is C41H45ClN2O4. The molecule has 1 aliphatic heterocycles. The number of hydrogen-bond acceptors (Lipinski definition) is 4. The molecule has 1 N–H and O–H groups in total. The fourth-order valence-corrected chi connectivity index (χ4v) is 7.19. The Kier molecular flexibility index (Phi) is 10.2. The fourth-order valence-electron chi connectivity index (χ4n) is 7.06. The van der Waals surface area contributed by atoms with Crippen LogP contribution in [0.25, 0.3) is 11.0 Å². The van der Waals surface area contributed by atoms with Gasteiger partial charge in [-0.15, -0.1) is 0 Å². The first kappa shape index (κ1) is 33.7. The van der Waals surface area contributed by atoms with Crippen molar-refractivity contribution in [2.75, 3.05) is 6.54 Å². The maximum Gasteiger partial charge on any atom is 0.287 e. The zero-order chi connectivity index (χ0) is 33.8. The number of halogens is 1. The van der Waals surface area contributed by atoms with E-state index in [1.54, 1.807) is 6.07 Å². The molecule has 48 heavy (non-hydrogen) atoms. The lowest BCUT2D eigenvalue weighted by atomic mass is 9.79. The molecule has 250 valence electrons. The second-order valence-corrected chi connectivity index (χ2v) is 14.9. The first-order valence-corrected chi connectivity index (χ1v) is 17.6. The Labute approximate surface area is 288 Å². The number of allylic oxidation sites excluding steroid dienone is 1. The van der Waals surface area contributed by atoms with E-state index in [0.717, 1.165) is 56.2 Å². The number of carbonyl (C=O) groups excluding carboxylic acids is 2. The molecule has 0 spiro atoms. The highest BCUT2D eigenvalue weighted by Gasteiger charge is 2.25. The number of amides is 2. The van der Waals surface area contributed by atoms with Gasteiger partial charge in [0, 0.05) is 30.6 Å². The quantitative estimate of drug-likeness (QED) is 0.191. The Balaban J connectivity index is 1.19. The summed E-state index contributed by atoms with van der Waals surface area (Å²) >= 11 is 6.16. The van der Waals surface area contributed by atoms with Gasteiger partial charge in [-0.1, -0.05) is 86.5 Å². The van der Waals surface area contributed by atoms with Gasteiger partial charge in [0.25, 0.3) is 5.91 Å². The normalized spacial score (nSPS) is 17.8. The first-order chi connectivity index (χ1) is 23.0. The molecule has 2 heterocycles. The molecule has 0 bridgehead atoms. The van der Waals surface area contributed by atoms with Gasteiger partial charge in [-0.2, -0.15) is 0 Å². The summed E-state index contributed by atoms with van der Waals surface area (Å²) in [7, 11) is 0. The van der Waals surface area contributed by atoms with E-state index in [1.165, 1.54) is 22.8 Å². The molecule has 1 aromatic heterocycles. The number of nitrogens with one attached hydrogen (secondary N) is 1. The van der Waals surface area contributed by atoms with E-state index in [2.05, 4.69) is 56.4 Å². The number of likely N-dealkylation sites (tertiary alicyclic amines) is 1. The summed E-state index contributed by atoms with van der Waals surface area (Å²) in [6.07, 6.45) is 9.35. The number of fused-ring (bicyclic) bond motifs is 1. The van der Waals surface area contributed by atoms with Crippen molar-refractivity contribution < 1.29 is 14.0 Å². The van der Waals surface area contributed by atoms with E-state index >= 15 is 0 Å². The molecule has 2 aliphatic rings. The topological polar surface area (TPSA) is 79.6 Å². The van der Waals surface area contributed by atoms with Crippen LogP contribution in [0.1, 0.15) is 104 Å². The van der Waals surface area contributed by atoms with Gasteiger partial charge < -0.3 is 14.6 Å². The number of carbonyl (C=O) groups is 2. The maximum atomic E-state index is 13.6. The van der Waals surface area contributed by atoms with Crippen molar-refractivity contribution in [1.29, 1.82) is 0 Å². The van der Waals surface area contributed by atoms with E-state index < -0.39 is 5.91 Å². The highest BCUT2D eigenvalue weighted by atomic mass is 35.5. The van der Waals surface area contributed by atoms with Gasteiger partial charge in [0.1, 0.15) is 5.58 Å². The van der Waals surface area contributed by atoms with Crippen molar-refractivity contribution >= 4 is 34.4 Å². The third-order valence-electron chi connectivity index (χ3n) is 9.84. The molecule has 3 aromatic carbocycles. The second-order valence-electron chi connectivity index (χ2n) is 14.4. The third-order valence-corrected chi connectivity index (χ3v) is 10.1. The minimum Gasteiger partial charge on any atom is -0.451 e. The zero-order valence-electron chi connectivity index (χ0n) is 28.2. The molecule has 4 aromatic rings. The molecule has 0 unspecified atom stereocenters. The Morgan fingerprint density at radius 3 is 2.46 bits per heavy atom. The fraction of sp³-hybridized carbons (Fsp3) is 0.390. The molecular weight excluding hydrogens is 620 g/mol. The van der Waals surface area contributed by atoms with Gasteiger partial charge in [-0.25, -0.2) is 0 Å². The second kappa shape index (κ2) is 14.5. The van der Waals surface area contributed by atoms with Crippen LogP contribution in [0.5, 0.6) is 0 Å². The number of piperidine rings is 1. The minimum atomic E-state index is -0.417. The molecule has 1 atom stereocenters. The molecule has 6 nitrogen and oxygen atoms in total. The van der Waals surface area contributed by atoms with Gasteiger partial charge in [-0.05, 0) is 103 Å². The van der Waals surface area contributed by atoms with Crippen LogP contribution < -0.4 is 10.7 Å². The van der Waals surface area contributed by atoms with Crippen LogP contribution in [0.4, 0.5) is 0 Å². The minimum absolute atomic E-state index is 0.00279. The highest BCUT2D eigenvalue weighted by molar-refractivity contribution is 6.30. The molecule has 2 fully saturated rings. The van der Waals surface area contributed by atoms with Gasteiger partial charge in [0.2, 0.25) is 5.91 Å². The summed E-state index contributed by atoms with van der Waals surface area (Å²) in [5.41, 5.74) is 6.04. The zero-order valence-corrected chi connectivity index (χ0v) is 28.9. The SMILES string of the molecule is CC(C)(C)c1ccc2oc(C(=O)N[C@H](C=C3CCC(c4ccccc4CN4CCCCC4=O)CC3)Cc3ccc(Cl)cc3)cc(=O)c2c1.